The van der Waals surface area contributed by atoms with Gasteiger partial charge in [0.2, 0.25) is 11.8 Å². The highest BCUT2D eigenvalue weighted by Crippen LogP contribution is 2.40. The van der Waals surface area contributed by atoms with Gasteiger partial charge >= 0.3 is 0 Å². The molecule has 6 fully saturated rings. The number of carbonyl (C=O) groups excluding carboxylic acids is 2. The van der Waals surface area contributed by atoms with Crippen molar-refractivity contribution < 1.29 is 33.8 Å². The van der Waals surface area contributed by atoms with Crippen molar-refractivity contribution >= 4 is 40.5 Å². The number of aromatic hydroxyl groups is 1. The summed E-state index contributed by atoms with van der Waals surface area (Å²) in [5.41, 5.74) is 13.2. The molecule has 0 radical (unpaired) electrons. The highest BCUT2D eigenvalue weighted by atomic mass is 32.1. The van der Waals surface area contributed by atoms with Crippen molar-refractivity contribution in [3.63, 3.8) is 0 Å². The number of likely N-dealkylation sites (tertiary alicyclic amines) is 2. The lowest BCUT2D eigenvalue weighted by atomic mass is 9.83. The van der Waals surface area contributed by atoms with Crippen molar-refractivity contribution in [2.75, 3.05) is 87.6 Å². The van der Waals surface area contributed by atoms with E-state index in [1.54, 1.807) is 28.4 Å². The first-order valence-corrected chi connectivity index (χ1v) is 29.1. The van der Waals surface area contributed by atoms with Crippen LogP contribution in [0.1, 0.15) is 108 Å². The van der Waals surface area contributed by atoms with E-state index in [4.69, 9.17) is 19.7 Å². The number of thiazole rings is 1. The summed E-state index contributed by atoms with van der Waals surface area (Å²) in [5.74, 6) is 1.13. The average molecular weight is 1070 g/mol. The number of anilines is 3. The zero-order valence-electron chi connectivity index (χ0n) is 45.1. The number of aryl methyl sites for hydroxylation is 1. The van der Waals surface area contributed by atoms with Gasteiger partial charge in [-0.05, 0) is 106 Å². The van der Waals surface area contributed by atoms with Gasteiger partial charge in [-0.3, -0.25) is 14.5 Å². The summed E-state index contributed by atoms with van der Waals surface area (Å²) in [6.45, 7) is 17.3. The molecule has 18 nitrogen and oxygen atoms in total. The number of carbonyl (C=O) groups is 2. The smallest absolute Gasteiger partial charge is 0.243 e. The van der Waals surface area contributed by atoms with Gasteiger partial charge in [-0.15, -0.1) is 21.5 Å². The molecule has 19 heteroatoms. The van der Waals surface area contributed by atoms with Crippen molar-refractivity contribution in [3.05, 3.63) is 83.2 Å². The van der Waals surface area contributed by atoms with Gasteiger partial charge in [-0.25, -0.2) is 4.98 Å². The molecule has 1 aliphatic carbocycles. The number of aromatic nitrogens is 4. The van der Waals surface area contributed by atoms with Crippen molar-refractivity contribution in [1.82, 2.24) is 40.4 Å². The quantitative estimate of drug-likeness (QED) is 0.0829. The maximum Gasteiger partial charge on any atom is 0.243 e. The zero-order chi connectivity index (χ0) is 53.4. The monoisotopic (exact) mass is 1070 g/mol. The van der Waals surface area contributed by atoms with Crippen LogP contribution >= 0.6 is 11.3 Å². The minimum atomic E-state index is -0.798. The highest BCUT2D eigenvalue weighted by Gasteiger charge is 2.46. The molecule has 1 spiro atoms. The first kappa shape index (κ1) is 53.3. The lowest BCUT2D eigenvalue weighted by Crippen LogP contribution is -2.61. The molecule has 5 N–H and O–H groups in total. The standard InChI is InChI=1S/C58H77N11O7S/c1-36(2)53(57(73)69-33-43(70)29-49(69)56(72)61-37(3)40-9-11-41(12-10-40)54-38(4)60-35-77-54)51-31-52(64-76-51)67-21-13-39(14-22-67)32-65-19-15-44(16-20-65)75-45-27-42(28-45)68-25-26-74-58(34-68)17-23-66(24-18-58)48-30-47(62-63-55(48)59)46-7-5-6-8-50(46)71/h5-12,30-31,35-37,39,42-45,49,53,70-71H,13-29,32-34H2,1-4H3,(H2,59,63)(H,61,72)/t37-,42?,43+,45?,49-,53+/m0/s1. The molecule has 3 aromatic heterocycles. The number of benzene rings is 2. The number of phenols is 1. The molecule has 5 aliphatic heterocycles. The van der Waals surface area contributed by atoms with E-state index >= 15 is 0 Å². The van der Waals surface area contributed by atoms with Gasteiger partial charge in [-0.1, -0.05) is 55.4 Å². The van der Waals surface area contributed by atoms with Gasteiger partial charge in [0, 0.05) is 89.5 Å². The SMILES string of the molecule is Cc1ncsc1-c1ccc([C@H](C)NC(=O)[C@@H]2C[C@@H](O)CN2C(=O)[C@@H](c2cc(N3CCC(CN4CCC(OC5CC(N6CCOC7(CCN(c8cc(-c9ccccc9O)nnc8N)CC7)C6)C5)CC4)CC3)no2)C(C)C)cc1. The van der Waals surface area contributed by atoms with Crippen LogP contribution in [0.25, 0.3) is 21.7 Å². The number of rotatable bonds is 15. The van der Waals surface area contributed by atoms with Gasteiger partial charge in [0.25, 0.3) is 0 Å². The molecule has 77 heavy (non-hydrogen) atoms. The van der Waals surface area contributed by atoms with Crippen molar-refractivity contribution in [3.8, 4) is 27.4 Å². The number of aliphatic hydroxyl groups excluding tert-OH is 1. The molecule has 412 valence electrons. The van der Waals surface area contributed by atoms with Crippen LogP contribution in [0, 0.1) is 18.8 Å². The molecule has 8 heterocycles. The summed E-state index contributed by atoms with van der Waals surface area (Å²) in [5, 5.41) is 37.4. The number of amides is 2. The number of hydrogen-bond donors (Lipinski definition) is 4. The largest absolute Gasteiger partial charge is 0.507 e. The van der Waals surface area contributed by atoms with Crippen LogP contribution in [0.4, 0.5) is 17.3 Å². The normalized spacial score (nSPS) is 24.6. The topological polar surface area (TPSA) is 212 Å². The Bertz CT molecular complexity index is 2820. The Hall–Kier alpha value is -5.70. The molecule has 1 saturated carbocycles. The molecule has 2 aromatic carbocycles. The number of ether oxygens (including phenoxy) is 2. The molecule has 4 atom stereocenters. The zero-order valence-corrected chi connectivity index (χ0v) is 46.0. The van der Waals surface area contributed by atoms with Crippen molar-refractivity contribution in [1.29, 1.82) is 0 Å². The summed E-state index contributed by atoms with van der Waals surface area (Å²) in [6.07, 6.45) is 8.30. The molecule has 11 rings (SSSR count). The minimum absolute atomic E-state index is 0.0894. The van der Waals surface area contributed by atoms with Gasteiger partial charge in [0.15, 0.2) is 17.4 Å². The Balaban J connectivity index is 0.596. The number of piperidine rings is 3. The minimum Gasteiger partial charge on any atom is -0.507 e. The van der Waals surface area contributed by atoms with Crippen LogP contribution < -0.4 is 20.9 Å². The van der Waals surface area contributed by atoms with E-state index in [0.717, 1.165) is 150 Å². The van der Waals surface area contributed by atoms with Crippen LogP contribution in [0.2, 0.25) is 0 Å². The Morgan fingerprint density at radius 1 is 0.909 bits per heavy atom. The molecule has 0 unspecified atom stereocenters. The molecular formula is C58H77N11O7S. The number of morpholine rings is 1. The fourth-order valence-electron chi connectivity index (χ4n) is 13.0. The number of para-hydroxylation sites is 1. The third kappa shape index (κ3) is 11.7. The second-order valence-electron chi connectivity index (χ2n) is 23.1. The molecule has 2 amide bonds. The van der Waals surface area contributed by atoms with Gasteiger partial charge < -0.3 is 54.9 Å². The summed E-state index contributed by atoms with van der Waals surface area (Å²) >= 11 is 1.60. The molecule has 5 aromatic rings. The lowest BCUT2D eigenvalue weighted by molar-refractivity contribution is -0.159. The van der Waals surface area contributed by atoms with E-state index in [9.17, 15) is 19.8 Å². The fourth-order valence-corrected chi connectivity index (χ4v) is 13.8. The van der Waals surface area contributed by atoms with Gasteiger partial charge in [0.1, 0.15) is 17.7 Å². The van der Waals surface area contributed by atoms with Crippen LogP contribution in [0.5, 0.6) is 5.75 Å². The van der Waals surface area contributed by atoms with E-state index in [1.807, 2.05) is 81.7 Å². The van der Waals surface area contributed by atoms with Gasteiger partial charge in [-0.2, -0.15) is 0 Å². The van der Waals surface area contributed by atoms with E-state index in [-0.39, 0.29) is 48.1 Å². The number of aliphatic hydroxyl groups is 1. The predicted molar refractivity (Wildman–Crippen MR) is 297 cm³/mol. The van der Waals surface area contributed by atoms with Crippen LogP contribution in [0.15, 0.2) is 70.7 Å². The second kappa shape index (κ2) is 22.9. The molecule has 5 saturated heterocycles. The Morgan fingerprint density at radius 2 is 1.66 bits per heavy atom. The Morgan fingerprint density at radius 3 is 2.38 bits per heavy atom. The maximum atomic E-state index is 14.4. The fraction of sp³-hybridized carbons (Fsp3) is 0.586. The van der Waals surface area contributed by atoms with Gasteiger partial charge in [0.05, 0.1) is 64.0 Å². The summed E-state index contributed by atoms with van der Waals surface area (Å²) < 4.78 is 19.3. The van der Waals surface area contributed by atoms with Crippen LogP contribution in [-0.4, -0.2) is 165 Å². The summed E-state index contributed by atoms with van der Waals surface area (Å²) in [6, 6.07) is 18.6. The van der Waals surface area contributed by atoms with Crippen LogP contribution in [-0.2, 0) is 19.1 Å². The maximum absolute atomic E-state index is 14.4. The lowest BCUT2D eigenvalue weighted by Gasteiger charge is -2.52. The van der Waals surface area contributed by atoms with E-state index in [0.29, 0.717) is 47.0 Å². The predicted octanol–water partition coefficient (Wildman–Crippen LogP) is 7.03. The third-order valence-electron chi connectivity index (χ3n) is 17.6. The number of phenolic OH excluding ortho intramolecular Hbond substituents is 1. The average Bonchev–Trinajstić information content (AvgIpc) is 4.21. The van der Waals surface area contributed by atoms with Crippen LogP contribution in [0.3, 0.4) is 0 Å². The Labute approximate surface area is 456 Å². The third-order valence-corrected chi connectivity index (χ3v) is 18.6. The Kier molecular flexibility index (Phi) is 15.9. The van der Waals surface area contributed by atoms with E-state index in [1.165, 1.54) is 0 Å². The number of hydrogen-bond acceptors (Lipinski definition) is 17. The number of β-amino-alcohol motifs (C(OH)–C–C–N with tert-alkyl or cyclic N) is 1. The van der Waals surface area contributed by atoms with Crippen molar-refractivity contribution in [2.24, 2.45) is 11.8 Å². The number of nitrogens with zero attached hydrogens (tertiary/aromatic N) is 9. The first-order valence-electron chi connectivity index (χ1n) is 28.2. The highest BCUT2D eigenvalue weighted by molar-refractivity contribution is 7.13. The van der Waals surface area contributed by atoms with E-state index in [2.05, 4.69) is 45.3 Å². The van der Waals surface area contributed by atoms with E-state index < -0.39 is 18.1 Å². The number of nitrogen functional groups attached to an aromatic ring is 1. The number of nitrogens with two attached hydrogens (primary N) is 1. The van der Waals surface area contributed by atoms with Crippen molar-refractivity contribution in [2.45, 2.75) is 133 Å². The number of nitrogens with one attached hydrogen (secondary N) is 1. The first-order chi connectivity index (χ1) is 37.3. The molecule has 6 aliphatic rings. The molecule has 0 bridgehead atoms. The summed E-state index contributed by atoms with van der Waals surface area (Å²) in [4.78, 5) is 45.1. The molecular weight excluding hydrogens is 995 g/mol. The second-order valence-corrected chi connectivity index (χ2v) is 24.0. The summed E-state index contributed by atoms with van der Waals surface area (Å²) in [7, 11) is 0.